The van der Waals surface area contributed by atoms with Crippen LogP contribution in [-0.4, -0.2) is 19.2 Å². The molecule has 0 N–H and O–H groups in total. The summed E-state index contributed by atoms with van der Waals surface area (Å²) in [5.41, 5.74) is 5.88. The van der Waals surface area contributed by atoms with Crippen molar-refractivity contribution in [2.24, 2.45) is 0 Å². The molecule has 0 saturated heterocycles. The number of rotatable bonds is 2. The van der Waals surface area contributed by atoms with Gasteiger partial charge in [-0.05, 0) is 74.6 Å². The van der Waals surface area contributed by atoms with Crippen LogP contribution < -0.4 is 4.74 Å². The lowest BCUT2D eigenvalue weighted by atomic mass is 9.81. The molecule has 20 heavy (non-hydrogen) atoms. The molecule has 1 aromatic carbocycles. The van der Waals surface area contributed by atoms with Crippen LogP contribution in [0, 0.1) is 6.92 Å². The van der Waals surface area contributed by atoms with Crippen LogP contribution in [0.15, 0.2) is 0 Å². The monoisotopic (exact) mass is 274 g/mol. The van der Waals surface area contributed by atoms with Crippen LogP contribution >= 0.6 is 0 Å². The fraction of sp³-hybridized carbons (Fsp3) is 0.588. The van der Waals surface area contributed by atoms with Gasteiger partial charge >= 0.3 is 5.97 Å². The summed E-state index contributed by atoms with van der Waals surface area (Å²) < 4.78 is 11.1. The Kier molecular flexibility index (Phi) is 3.68. The largest absolute Gasteiger partial charge is 0.492 e. The Hall–Kier alpha value is -1.51. The van der Waals surface area contributed by atoms with Gasteiger partial charge in [0.1, 0.15) is 11.3 Å². The van der Waals surface area contributed by atoms with Crippen molar-refractivity contribution in [3.05, 3.63) is 27.8 Å². The topological polar surface area (TPSA) is 35.5 Å². The molecule has 0 amide bonds. The van der Waals surface area contributed by atoms with Crippen molar-refractivity contribution in [1.82, 2.24) is 0 Å². The van der Waals surface area contributed by atoms with E-state index in [-0.39, 0.29) is 5.97 Å². The van der Waals surface area contributed by atoms with Gasteiger partial charge in [0.15, 0.2) is 0 Å². The van der Waals surface area contributed by atoms with Crippen molar-refractivity contribution in [2.75, 3.05) is 13.2 Å². The Morgan fingerprint density at radius 3 is 2.55 bits per heavy atom. The molecule has 1 heterocycles. The molecule has 0 spiro atoms. The molecule has 1 aliphatic carbocycles. The second-order valence-corrected chi connectivity index (χ2v) is 5.64. The average Bonchev–Trinajstić information content (AvgIpc) is 2.48. The first kappa shape index (κ1) is 13.5. The molecule has 0 unspecified atom stereocenters. The van der Waals surface area contributed by atoms with Crippen molar-refractivity contribution in [3.8, 4) is 5.75 Å². The van der Waals surface area contributed by atoms with E-state index in [2.05, 4.69) is 6.92 Å². The summed E-state index contributed by atoms with van der Waals surface area (Å²) in [7, 11) is 0. The molecule has 0 atom stereocenters. The van der Waals surface area contributed by atoms with Crippen LogP contribution in [0.25, 0.3) is 0 Å². The van der Waals surface area contributed by atoms with Gasteiger partial charge < -0.3 is 9.47 Å². The highest BCUT2D eigenvalue weighted by Crippen LogP contribution is 2.40. The molecular weight excluding hydrogens is 252 g/mol. The van der Waals surface area contributed by atoms with Gasteiger partial charge in [0, 0.05) is 0 Å². The lowest BCUT2D eigenvalue weighted by molar-refractivity contribution is 0.0518. The van der Waals surface area contributed by atoms with E-state index >= 15 is 0 Å². The van der Waals surface area contributed by atoms with E-state index in [9.17, 15) is 4.79 Å². The molecule has 108 valence electrons. The predicted octanol–water partition coefficient (Wildman–Crippen LogP) is 3.38. The van der Waals surface area contributed by atoms with Gasteiger partial charge in [0.25, 0.3) is 0 Å². The van der Waals surface area contributed by atoms with E-state index in [1.54, 1.807) is 0 Å². The third-order valence-corrected chi connectivity index (χ3v) is 4.47. The molecule has 0 fully saturated rings. The van der Waals surface area contributed by atoms with Gasteiger partial charge in [-0.15, -0.1) is 0 Å². The fourth-order valence-electron chi connectivity index (χ4n) is 3.54. The molecule has 3 nitrogen and oxygen atoms in total. The van der Waals surface area contributed by atoms with Crippen molar-refractivity contribution < 1.29 is 14.3 Å². The number of esters is 1. The van der Waals surface area contributed by atoms with E-state index in [0.29, 0.717) is 13.2 Å². The van der Waals surface area contributed by atoms with Crippen molar-refractivity contribution in [1.29, 1.82) is 0 Å². The summed E-state index contributed by atoms with van der Waals surface area (Å²) in [4.78, 5) is 12.4. The van der Waals surface area contributed by atoms with E-state index in [0.717, 1.165) is 43.4 Å². The summed E-state index contributed by atoms with van der Waals surface area (Å²) in [6, 6.07) is 0. The minimum Gasteiger partial charge on any atom is -0.492 e. The van der Waals surface area contributed by atoms with Crippen LogP contribution in [0.4, 0.5) is 0 Å². The van der Waals surface area contributed by atoms with Crippen LogP contribution in [0.1, 0.15) is 58.8 Å². The van der Waals surface area contributed by atoms with Gasteiger partial charge in [0.05, 0.1) is 13.2 Å². The molecule has 3 heteroatoms. The number of carbonyl (C=O) groups excluding carboxylic acids is 1. The van der Waals surface area contributed by atoms with Crippen LogP contribution in [0.2, 0.25) is 0 Å². The first-order valence-corrected chi connectivity index (χ1v) is 7.71. The number of hydrogen-bond acceptors (Lipinski definition) is 3. The molecule has 1 aromatic rings. The zero-order valence-corrected chi connectivity index (χ0v) is 12.4. The summed E-state index contributed by atoms with van der Waals surface area (Å²) in [5, 5.41) is 0. The maximum atomic E-state index is 12.4. The molecule has 0 aromatic heterocycles. The first-order valence-electron chi connectivity index (χ1n) is 7.71. The molecule has 0 bridgehead atoms. The summed E-state index contributed by atoms with van der Waals surface area (Å²) in [6.07, 6.45) is 6.48. The molecule has 0 saturated carbocycles. The fourth-order valence-corrected chi connectivity index (χ4v) is 3.54. The Balaban J connectivity index is 2.21. The Bertz CT molecular complexity index is 509. The Morgan fingerprint density at radius 1 is 1.10 bits per heavy atom. The van der Waals surface area contributed by atoms with Gasteiger partial charge in [0.2, 0.25) is 0 Å². The highest BCUT2D eigenvalue weighted by atomic mass is 16.5. The second-order valence-electron chi connectivity index (χ2n) is 5.64. The summed E-state index contributed by atoms with van der Waals surface area (Å²) in [5.74, 6) is 0.608. The molecule has 0 radical (unpaired) electrons. The Labute approximate surface area is 120 Å². The highest BCUT2D eigenvalue weighted by molar-refractivity contribution is 5.96. The summed E-state index contributed by atoms with van der Waals surface area (Å²) >= 11 is 0. The maximum Gasteiger partial charge on any atom is 0.342 e. The molecule has 2 aliphatic rings. The third kappa shape index (κ3) is 2.09. The SMILES string of the molecule is CCOC(=O)c1c2c(c(C)c3c1OCCC3)CCCC2. The zero-order chi connectivity index (χ0) is 14.1. The van der Waals surface area contributed by atoms with E-state index in [1.807, 2.05) is 6.92 Å². The van der Waals surface area contributed by atoms with Crippen molar-refractivity contribution in [2.45, 2.75) is 52.4 Å². The number of fused-ring (bicyclic) bond motifs is 2. The normalized spacial score (nSPS) is 16.9. The number of carbonyl (C=O) groups is 1. The van der Waals surface area contributed by atoms with Gasteiger partial charge in [-0.25, -0.2) is 4.79 Å². The number of hydrogen-bond donors (Lipinski definition) is 0. The molecular formula is C17H22O3. The minimum absolute atomic E-state index is 0.205. The number of ether oxygens (including phenoxy) is 2. The minimum atomic E-state index is -0.205. The lowest BCUT2D eigenvalue weighted by Gasteiger charge is -2.29. The standard InChI is InChI=1S/C17H22O3/c1-3-19-17(18)15-14-8-5-4-7-12(14)11(2)13-9-6-10-20-16(13)15/h3-10H2,1-2H3. The lowest BCUT2D eigenvalue weighted by Crippen LogP contribution is -2.21. The second kappa shape index (κ2) is 5.47. The van der Waals surface area contributed by atoms with Gasteiger partial charge in [-0.1, -0.05) is 0 Å². The van der Waals surface area contributed by atoms with E-state index in [1.165, 1.54) is 28.7 Å². The third-order valence-electron chi connectivity index (χ3n) is 4.47. The van der Waals surface area contributed by atoms with Gasteiger partial charge in [-0.3, -0.25) is 0 Å². The first-order chi connectivity index (χ1) is 9.74. The van der Waals surface area contributed by atoms with E-state index in [4.69, 9.17) is 9.47 Å². The number of benzene rings is 1. The smallest absolute Gasteiger partial charge is 0.342 e. The van der Waals surface area contributed by atoms with Crippen LogP contribution in [0.3, 0.4) is 0 Å². The van der Waals surface area contributed by atoms with Crippen LogP contribution in [0.5, 0.6) is 5.75 Å². The molecule has 1 aliphatic heterocycles. The van der Waals surface area contributed by atoms with Crippen LogP contribution in [-0.2, 0) is 24.0 Å². The maximum absolute atomic E-state index is 12.4. The predicted molar refractivity (Wildman–Crippen MR) is 77.6 cm³/mol. The summed E-state index contributed by atoms with van der Waals surface area (Å²) in [6.45, 7) is 5.16. The Morgan fingerprint density at radius 2 is 1.80 bits per heavy atom. The van der Waals surface area contributed by atoms with Crippen molar-refractivity contribution in [3.63, 3.8) is 0 Å². The average molecular weight is 274 g/mol. The zero-order valence-electron chi connectivity index (χ0n) is 12.4. The van der Waals surface area contributed by atoms with E-state index < -0.39 is 0 Å². The highest BCUT2D eigenvalue weighted by Gasteiger charge is 2.30. The van der Waals surface area contributed by atoms with Gasteiger partial charge in [-0.2, -0.15) is 0 Å². The van der Waals surface area contributed by atoms with Crippen molar-refractivity contribution >= 4 is 5.97 Å². The molecule has 3 rings (SSSR count). The quantitative estimate of drug-likeness (QED) is 0.776.